The number of nitrogens with one attached hydrogen (secondary N) is 1. The summed E-state index contributed by atoms with van der Waals surface area (Å²) in [5.74, 6) is 1.47. The summed E-state index contributed by atoms with van der Waals surface area (Å²) in [5.41, 5.74) is 5.83. The lowest BCUT2D eigenvalue weighted by atomic mass is 10.1. The average Bonchev–Trinajstić information content (AvgIpc) is 2.85. The van der Waals surface area contributed by atoms with E-state index < -0.39 is 0 Å². The number of benzene rings is 1. The van der Waals surface area contributed by atoms with Crippen molar-refractivity contribution < 1.29 is 0 Å². The summed E-state index contributed by atoms with van der Waals surface area (Å²) in [6.45, 7) is 8.94. The summed E-state index contributed by atoms with van der Waals surface area (Å²) in [4.78, 5) is 8.88. The lowest BCUT2D eigenvalue weighted by molar-refractivity contribution is 0.799. The van der Waals surface area contributed by atoms with E-state index in [0.29, 0.717) is 0 Å². The van der Waals surface area contributed by atoms with Gasteiger partial charge in [-0.05, 0) is 44.9 Å². The van der Waals surface area contributed by atoms with Gasteiger partial charge in [-0.1, -0.05) is 23.8 Å². The van der Waals surface area contributed by atoms with Gasteiger partial charge in [0.25, 0.3) is 0 Å². The van der Waals surface area contributed by atoms with Gasteiger partial charge in [-0.3, -0.25) is 4.98 Å². The molecule has 0 aliphatic carbocycles. The third kappa shape index (κ3) is 3.39. The third-order valence-electron chi connectivity index (χ3n) is 3.81. The molecular weight excluding hydrogens is 286 g/mol. The van der Waals surface area contributed by atoms with Crippen molar-refractivity contribution in [1.82, 2.24) is 19.7 Å². The molecule has 118 valence electrons. The molecule has 23 heavy (non-hydrogen) atoms. The molecule has 3 aromatic rings. The van der Waals surface area contributed by atoms with Crippen molar-refractivity contribution in [3.05, 3.63) is 64.7 Å². The molecule has 0 fully saturated rings. The number of hydrogen-bond donors (Lipinski definition) is 1. The molecule has 0 aliphatic heterocycles. The number of hydrogen-bond acceptors (Lipinski definition) is 4. The Kier molecular flexibility index (Phi) is 4.10. The zero-order valence-electron chi connectivity index (χ0n) is 14.0. The maximum atomic E-state index is 4.61. The van der Waals surface area contributed by atoms with Crippen LogP contribution in [0.15, 0.2) is 36.7 Å². The van der Waals surface area contributed by atoms with Crippen LogP contribution in [0.5, 0.6) is 0 Å². The van der Waals surface area contributed by atoms with E-state index in [0.717, 1.165) is 29.6 Å². The van der Waals surface area contributed by atoms with Crippen molar-refractivity contribution in [1.29, 1.82) is 0 Å². The molecule has 0 atom stereocenters. The van der Waals surface area contributed by atoms with E-state index in [1.165, 1.54) is 16.7 Å². The van der Waals surface area contributed by atoms with Gasteiger partial charge in [0.1, 0.15) is 5.82 Å². The van der Waals surface area contributed by atoms with Crippen molar-refractivity contribution in [3.63, 3.8) is 0 Å². The van der Waals surface area contributed by atoms with E-state index in [2.05, 4.69) is 52.4 Å². The average molecular weight is 307 g/mol. The Hall–Kier alpha value is -2.69. The van der Waals surface area contributed by atoms with Crippen LogP contribution in [0.4, 0.5) is 5.82 Å². The molecule has 0 unspecified atom stereocenters. The van der Waals surface area contributed by atoms with Crippen molar-refractivity contribution in [3.8, 4) is 5.82 Å². The molecule has 0 saturated heterocycles. The summed E-state index contributed by atoms with van der Waals surface area (Å²) >= 11 is 0. The molecule has 1 aromatic carbocycles. The van der Waals surface area contributed by atoms with E-state index in [9.17, 15) is 0 Å². The van der Waals surface area contributed by atoms with Crippen LogP contribution in [0.2, 0.25) is 0 Å². The molecule has 0 saturated carbocycles. The van der Waals surface area contributed by atoms with Gasteiger partial charge in [0.05, 0.1) is 18.1 Å². The highest BCUT2D eigenvalue weighted by Gasteiger charge is 2.07. The van der Waals surface area contributed by atoms with Crippen molar-refractivity contribution in [2.75, 3.05) is 5.32 Å². The maximum Gasteiger partial charge on any atom is 0.174 e. The fourth-order valence-corrected chi connectivity index (χ4v) is 2.63. The SMILES string of the molecule is Cc1ccc(CNc2cncc(-n3nc(C)cc3C)n2)c(C)c1. The van der Waals surface area contributed by atoms with Crippen LogP contribution in [0.25, 0.3) is 5.82 Å². The number of aryl methyl sites for hydroxylation is 4. The van der Waals surface area contributed by atoms with Gasteiger partial charge in [0, 0.05) is 12.2 Å². The highest BCUT2D eigenvalue weighted by atomic mass is 15.3. The first-order valence-corrected chi connectivity index (χ1v) is 7.68. The molecule has 2 heterocycles. The Bertz CT molecular complexity index is 835. The van der Waals surface area contributed by atoms with Gasteiger partial charge in [-0.15, -0.1) is 0 Å². The van der Waals surface area contributed by atoms with E-state index in [1.54, 1.807) is 12.4 Å². The van der Waals surface area contributed by atoms with E-state index in [4.69, 9.17) is 0 Å². The molecule has 0 aliphatic rings. The molecular formula is C18H21N5. The first-order valence-electron chi connectivity index (χ1n) is 7.68. The minimum atomic E-state index is 0.723. The topological polar surface area (TPSA) is 55.6 Å². The van der Waals surface area contributed by atoms with Gasteiger partial charge in [-0.25, -0.2) is 9.67 Å². The smallest absolute Gasteiger partial charge is 0.174 e. The predicted octanol–water partition coefficient (Wildman–Crippen LogP) is 3.51. The second kappa shape index (κ2) is 6.20. The molecule has 1 N–H and O–H groups in total. The summed E-state index contributed by atoms with van der Waals surface area (Å²) in [5, 5.41) is 7.79. The lowest BCUT2D eigenvalue weighted by Gasteiger charge is -2.10. The largest absolute Gasteiger partial charge is 0.365 e. The van der Waals surface area contributed by atoms with E-state index in [1.807, 2.05) is 24.6 Å². The lowest BCUT2D eigenvalue weighted by Crippen LogP contribution is -2.07. The number of aromatic nitrogens is 4. The van der Waals surface area contributed by atoms with Crippen LogP contribution in [0.3, 0.4) is 0 Å². The summed E-state index contributed by atoms with van der Waals surface area (Å²) < 4.78 is 1.81. The third-order valence-corrected chi connectivity index (χ3v) is 3.81. The predicted molar refractivity (Wildman–Crippen MR) is 91.9 cm³/mol. The first kappa shape index (κ1) is 15.2. The number of nitrogens with zero attached hydrogens (tertiary/aromatic N) is 4. The monoisotopic (exact) mass is 307 g/mol. The molecule has 3 rings (SSSR count). The van der Waals surface area contributed by atoms with Crippen molar-refractivity contribution >= 4 is 5.82 Å². The van der Waals surface area contributed by atoms with Gasteiger partial charge in [0.2, 0.25) is 0 Å². The Balaban J connectivity index is 1.79. The van der Waals surface area contributed by atoms with Crippen LogP contribution in [0.1, 0.15) is 28.1 Å². The van der Waals surface area contributed by atoms with Gasteiger partial charge in [-0.2, -0.15) is 5.10 Å². The summed E-state index contributed by atoms with van der Waals surface area (Å²) in [6.07, 6.45) is 3.46. The highest BCUT2D eigenvalue weighted by molar-refractivity contribution is 5.39. The Morgan fingerprint density at radius 1 is 1.04 bits per heavy atom. The van der Waals surface area contributed by atoms with Crippen LogP contribution in [-0.2, 0) is 6.54 Å². The fourth-order valence-electron chi connectivity index (χ4n) is 2.63. The zero-order valence-corrected chi connectivity index (χ0v) is 14.0. The Labute approximate surface area is 136 Å². The molecule has 2 aromatic heterocycles. The van der Waals surface area contributed by atoms with Crippen LogP contribution < -0.4 is 5.32 Å². The Morgan fingerprint density at radius 3 is 2.57 bits per heavy atom. The van der Waals surface area contributed by atoms with E-state index in [-0.39, 0.29) is 0 Å². The minimum absolute atomic E-state index is 0.723. The Morgan fingerprint density at radius 2 is 1.87 bits per heavy atom. The normalized spacial score (nSPS) is 10.8. The molecule has 0 bridgehead atoms. The van der Waals surface area contributed by atoms with Crippen molar-refractivity contribution in [2.45, 2.75) is 34.2 Å². The molecule has 0 amide bonds. The van der Waals surface area contributed by atoms with Crippen LogP contribution in [-0.4, -0.2) is 19.7 Å². The van der Waals surface area contributed by atoms with Crippen LogP contribution in [0, 0.1) is 27.7 Å². The van der Waals surface area contributed by atoms with Gasteiger partial charge >= 0.3 is 0 Å². The second-order valence-electron chi connectivity index (χ2n) is 5.88. The molecule has 0 spiro atoms. The molecule has 0 radical (unpaired) electrons. The minimum Gasteiger partial charge on any atom is -0.365 e. The molecule has 5 nitrogen and oxygen atoms in total. The molecule has 5 heteroatoms. The van der Waals surface area contributed by atoms with E-state index >= 15 is 0 Å². The van der Waals surface area contributed by atoms with Crippen LogP contribution >= 0.6 is 0 Å². The number of rotatable bonds is 4. The number of anilines is 1. The van der Waals surface area contributed by atoms with Crippen molar-refractivity contribution in [2.24, 2.45) is 0 Å². The quantitative estimate of drug-likeness (QED) is 0.801. The fraction of sp³-hybridized carbons (Fsp3) is 0.278. The van der Waals surface area contributed by atoms with Gasteiger partial charge in [0.15, 0.2) is 5.82 Å². The first-order chi connectivity index (χ1) is 11.0. The zero-order chi connectivity index (χ0) is 16.4. The standard InChI is InChI=1S/C18H21N5/c1-12-5-6-16(13(2)7-12)9-20-17-10-19-11-18(21-17)23-15(4)8-14(3)22-23/h5-8,10-11H,9H2,1-4H3,(H,20,21). The van der Waals surface area contributed by atoms with Gasteiger partial charge < -0.3 is 5.32 Å². The summed E-state index contributed by atoms with van der Waals surface area (Å²) in [7, 11) is 0. The summed E-state index contributed by atoms with van der Waals surface area (Å²) in [6, 6.07) is 8.49. The highest BCUT2D eigenvalue weighted by Crippen LogP contribution is 2.14. The second-order valence-corrected chi connectivity index (χ2v) is 5.88. The maximum absolute atomic E-state index is 4.61.